The molecule has 2 aromatic carbocycles. The molecule has 0 unspecified atom stereocenters. The third-order valence-electron chi connectivity index (χ3n) is 5.18. The van der Waals surface area contributed by atoms with Gasteiger partial charge in [0.1, 0.15) is 0 Å². The number of hydrogen-bond acceptors (Lipinski definition) is 2. The van der Waals surface area contributed by atoms with E-state index in [1.165, 1.54) is 5.56 Å². The van der Waals surface area contributed by atoms with Gasteiger partial charge >= 0.3 is 0 Å². The molecule has 0 aromatic heterocycles. The first-order valence-electron chi connectivity index (χ1n) is 8.90. The molecule has 0 bridgehead atoms. The number of nitrogens with zero attached hydrogens (tertiary/aromatic N) is 1. The highest BCUT2D eigenvalue weighted by atomic mass is 35.5. The Bertz CT molecular complexity index is 750. The maximum Gasteiger partial charge on any atom is 0.165 e. The fourth-order valence-electron chi connectivity index (χ4n) is 3.70. The van der Waals surface area contributed by atoms with Crippen LogP contribution in [-0.4, -0.2) is 5.78 Å². The predicted molar refractivity (Wildman–Crippen MR) is 101 cm³/mol. The van der Waals surface area contributed by atoms with Gasteiger partial charge < -0.3 is 0 Å². The van der Waals surface area contributed by atoms with Crippen LogP contribution in [0.2, 0.25) is 5.02 Å². The Morgan fingerprint density at radius 3 is 2.16 bits per heavy atom. The minimum Gasteiger partial charge on any atom is -0.294 e. The van der Waals surface area contributed by atoms with Crippen molar-refractivity contribution in [2.75, 3.05) is 0 Å². The van der Waals surface area contributed by atoms with Crippen molar-refractivity contribution in [1.82, 2.24) is 0 Å². The topological polar surface area (TPSA) is 40.9 Å². The summed E-state index contributed by atoms with van der Waals surface area (Å²) < 4.78 is 0. The van der Waals surface area contributed by atoms with E-state index in [4.69, 9.17) is 16.9 Å². The molecule has 0 amide bonds. The maximum absolute atomic E-state index is 12.6. The fourth-order valence-corrected chi connectivity index (χ4v) is 3.82. The summed E-state index contributed by atoms with van der Waals surface area (Å²) in [5, 5.41) is 9.40. The second kappa shape index (κ2) is 8.32. The summed E-state index contributed by atoms with van der Waals surface area (Å²) in [4.78, 5) is 12.6. The van der Waals surface area contributed by atoms with Crippen LogP contribution >= 0.6 is 11.6 Å². The minimum absolute atomic E-state index is 0.149. The smallest absolute Gasteiger partial charge is 0.165 e. The van der Waals surface area contributed by atoms with Gasteiger partial charge in [-0.1, -0.05) is 35.9 Å². The Morgan fingerprint density at radius 1 is 0.960 bits per heavy atom. The molecule has 1 aliphatic carbocycles. The molecule has 25 heavy (non-hydrogen) atoms. The number of Topliss-reactive ketones (excluding diaryl/α,β-unsaturated/α-hetero) is 1. The Kier molecular flexibility index (Phi) is 5.89. The van der Waals surface area contributed by atoms with Crippen molar-refractivity contribution in [1.29, 1.82) is 5.26 Å². The number of carbonyl (C=O) groups excluding carboxylic acids is 1. The predicted octanol–water partition coefficient (Wildman–Crippen LogP) is 5.64. The summed E-state index contributed by atoms with van der Waals surface area (Å²) in [6.45, 7) is 0. The molecular formula is C22H22ClNO. The van der Waals surface area contributed by atoms with Crippen molar-refractivity contribution in [2.45, 2.75) is 38.5 Å². The SMILES string of the molecule is N#CCc1ccc(CC2CCC(C(=O)c3ccc(Cl)cc3)CC2)cc1. The van der Waals surface area contributed by atoms with Gasteiger partial charge in [-0.05, 0) is 73.4 Å². The van der Waals surface area contributed by atoms with E-state index in [0.717, 1.165) is 43.2 Å². The second-order valence-electron chi connectivity index (χ2n) is 6.94. The zero-order valence-electron chi connectivity index (χ0n) is 14.2. The van der Waals surface area contributed by atoms with Crippen LogP contribution < -0.4 is 0 Å². The van der Waals surface area contributed by atoms with Crippen molar-refractivity contribution >= 4 is 17.4 Å². The highest BCUT2D eigenvalue weighted by molar-refractivity contribution is 6.30. The lowest BCUT2D eigenvalue weighted by molar-refractivity contribution is 0.0872. The van der Waals surface area contributed by atoms with Gasteiger partial charge in [-0.2, -0.15) is 5.26 Å². The molecule has 0 aliphatic heterocycles. The Hall–Kier alpha value is -2.11. The van der Waals surface area contributed by atoms with E-state index < -0.39 is 0 Å². The molecule has 0 atom stereocenters. The summed E-state index contributed by atoms with van der Waals surface area (Å²) in [6.07, 6.45) is 5.68. The Morgan fingerprint density at radius 2 is 1.56 bits per heavy atom. The Balaban J connectivity index is 1.52. The molecule has 0 spiro atoms. The Labute approximate surface area is 154 Å². The van der Waals surface area contributed by atoms with Crippen LogP contribution in [0.3, 0.4) is 0 Å². The number of nitriles is 1. The van der Waals surface area contributed by atoms with E-state index in [9.17, 15) is 4.79 Å². The molecule has 1 aliphatic rings. The zero-order chi connectivity index (χ0) is 17.6. The van der Waals surface area contributed by atoms with E-state index in [0.29, 0.717) is 17.4 Å². The van der Waals surface area contributed by atoms with Crippen LogP contribution in [-0.2, 0) is 12.8 Å². The normalized spacial score (nSPS) is 20.0. The summed E-state index contributed by atoms with van der Waals surface area (Å²) in [5.41, 5.74) is 3.18. The van der Waals surface area contributed by atoms with Gasteiger partial charge in [0.2, 0.25) is 0 Å². The molecule has 0 N–H and O–H groups in total. The maximum atomic E-state index is 12.6. The number of ketones is 1. The van der Waals surface area contributed by atoms with E-state index in [-0.39, 0.29) is 11.7 Å². The monoisotopic (exact) mass is 351 g/mol. The van der Waals surface area contributed by atoms with Crippen LogP contribution in [0, 0.1) is 23.2 Å². The standard InChI is InChI=1S/C22H22ClNO/c23-21-11-9-20(10-12-21)22(25)19-7-5-18(6-8-19)15-17-3-1-16(2-4-17)13-14-24/h1-4,9-12,18-19H,5-8,13,15H2. The zero-order valence-corrected chi connectivity index (χ0v) is 15.0. The van der Waals surface area contributed by atoms with E-state index >= 15 is 0 Å². The van der Waals surface area contributed by atoms with Crippen molar-refractivity contribution < 1.29 is 4.79 Å². The van der Waals surface area contributed by atoms with Gasteiger partial charge in [-0.15, -0.1) is 0 Å². The van der Waals surface area contributed by atoms with Crippen LogP contribution in [0.4, 0.5) is 0 Å². The van der Waals surface area contributed by atoms with Crippen LogP contribution in [0.1, 0.15) is 47.2 Å². The number of carbonyl (C=O) groups is 1. The first-order chi connectivity index (χ1) is 12.2. The number of benzene rings is 2. The molecule has 128 valence electrons. The third-order valence-corrected chi connectivity index (χ3v) is 5.43. The lowest BCUT2D eigenvalue weighted by atomic mass is 9.76. The molecule has 0 radical (unpaired) electrons. The average Bonchev–Trinajstić information content (AvgIpc) is 2.64. The molecule has 3 rings (SSSR count). The summed E-state index contributed by atoms with van der Waals surface area (Å²) in [5.74, 6) is 1.06. The summed E-state index contributed by atoms with van der Waals surface area (Å²) >= 11 is 5.90. The molecule has 3 heteroatoms. The number of rotatable bonds is 5. The van der Waals surface area contributed by atoms with E-state index in [1.807, 2.05) is 24.3 Å². The highest BCUT2D eigenvalue weighted by Crippen LogP contribution is 2.33. The number of halogens is 1. The van der Waals surface area contributed by atoms with Crippen LogP contribution in [0.15, 0.2) is 48.5 Å². The lowest BCUT2D eigenvalue weighted by Crippen LogP contribution is -2.23. The average molecular weight is 352 g/mol. The number of hydrogen-bond donors (Lipinski definition) is 0. The molecule has 0 saturated heterocycles. The largest absolute Gasteiger partial charge is 0.294 e. The fraction of sp³-hybridized carbons (Fsp3) is 0.364. The second-order valence-corrected chi connectivity index (χ2v) is 7.38. The van der Waals surface area contributed by atoms with Gasteiger partial charge in [0, 0.05) is 16.5 Å². The van der Waals surface area contributed by atoms with Crippen molar-refractivity contribution in [2.24, 2.45) is 11.8 Å². The van der Waals surface area contributed by atoms with Gasteiger partial charge in [0.15, 0.2) is 5.78 Å². The lowest BCUT2D eigenvalue weighted by Gasteiger charge is -2.27. The molecule has 2 aromatic rings. The quantitative estimate of drug-likeness (QED) is 0.654. The van der Waals surface area contributed by atoms with Crippen LogP contribution in [0.25, 0.3) is 0 Å². The minimum atomic E-state index is 0.149. The molecule has 0 heterocycles. The first-order valence-corrected chi connectivity index (χ1v) is 9.28. The van der Waals surface area contributed by atoms with Gasteiger partial charge in [-0.3, -0.25) is 4.79 Å². The van der Waals surface area contributed by atoms with Crippen LogP contribution in [0.5, 0.6) is 0 Å². The third kappa shape index (κ3) is 4.71. The van der Waals surface area contributed by atoms with Crippen molar-refractivity contribution in [3.63, 3.8) is 0 Å². The molecule has 1 fully saturated rings. The van der Waals surface area contributed by atoms with E-state index in [1.54, 1.807) is 12.1 Å². The molecular weight excluding hydrogens is 330 g/mol. The van der Waals surface area contributed by atoms with Gasteiger partial charge in [-0.25, -0.2) is 0 Å². The van der Waals surface area contributed by atoms with E-state index in [2.05, 4.69) is 18.2 Å². The van der Waals surface area contributed by atoms with Crippen molar-refractivity contribution in [3.05, 3.63) is 70.2 Å². The highest BCUT2D eigenvalue weighted by Gasteiger charge is 2.27. The molecule has 1 saturated carbocycles. The molecule has 2 nitrogen and oxygen atoms in total. The summed E-state index contributed by atoms with van der Waals surface area (Å²) in [7, 11) is 0. The van der Waals surface area contributed by atoms with Crippen molar-refractivity contribution in [3.8, 4) is 6.07 Å². The summed E-state index contributed by atoms with van der Waals surface area (Å²) in [6, 6.07) is 17.8. The van der Waals surface area contributed by atoms with Gasteiger partial charge in [0.25, 0.3) is 0 Å². The van der Waals surface area contributed by atoms with Gasteiger partial charge in [0.05, 0.1) is 12.5 Å². The first kappa shape index (κ1) is 17.7.